The van der Waals surface area contributed by atoms with Gasteiger partial charge < -0.3 is 127 Å². The lowest BCUT2D eigenvalue weighted by atomic mass is 9.39. The lowest BCUT2D eigenvalue weighted by Crippen LogP contribution is -2.64. The fourth-order valence-corrected chi connectivity index (χ4v) is 22.6. The van der Waals surface area contributed by atoms with E-state index in [0.29, 0.717) is 222 Å². The third-order valence-electron chi connectivity index (χ3n) is 27.3. The van der Waals surface area contributed by atoms with Crippen molar-refractivity contribution < 1.29 is 153 Å². The fourth-order valence-electron chi connectivity index (χ4n) is 21.2. The molecule has 3 aliphatic heterocycles. The summed E-state index contributed by atoms with van der Waals surface area (Å²) in [6.45, 7) is 20.2. The lowest BCUT2D eigenvalue weighted by molar-refractivity contribution is -0.248. The summed E-state index contributed by atoms with van der Waals surface area (Å²) in [6.07, 6.45) is -2.92. The number of aliphatic carboxylic acids is 1. The zero-order valence-electron chi connectivity index (χ0n) is 85.3. The number of carbonyl (C=O) groups is 8. The van der Waals surface area contributed by atoms with Crippen molar-refractivity contribution in [2.75, 3.05) is 200 Å². The van der Waals surface area contributed by atoms with Gasteiger partial charge in [0.05, 0.1) is 179 Å². The second-order valence-electron chi connectivity index (χ2n) is 39.5. The molecule has 11 atom stereocenters. The number of fused-ring (bicyclic) bond motifs is 2. The Balaban J connectivity index is 0.566. The Morgan fingerprint density at radius 3 is 1.82 bits per heavy atom. The van der Waals surface area contributed by atoms with Gasteiger partial charge in [-0.15, -0.1) is 0 Å². The number of benzene rings is 4. The molecule has 14 rings (SSSR count). The quantitative estimate of drug-likeness (QED) is 0.0135. The predicted molar refractivity (Wildman–Crippen MR) is 543 cm³/mol. The van der Waals surface area contributed by atoms with E-state index in [1.807, 2.05) is 52.9 Å². The van der Waals surface area contributed by atoms with Gasteiger partial charge in [-0.3, -0.25) is 43.4 Å². The van der Waals surface area contributed by atoms with Crippen LogP contribution in [0.2, 0.25) is 0 Å². The lowest BCUT2D eigenvalue weighted by Gasteiger charge is -2.69. The molecule has 4 saturated carbocycles. The summed E-state index contributed by atoms with van der Waals surface area (Å²) in [7, 11) is -3.05. The van der Waals surface area contributed by atoms with E-state index in [2.05, 4.69) is 40.1 Å². The summed E-state index contributed by atoms with van der Waals surface area (Å²) >= 11 is 1.38. The van der Waals surface area contributed by atoms with E-state index in [1.54, 1.807) is 69.6 Å². The van der Waals surface area contributed by atoms with Crippen LogP contribution in [0, 0.1) is 29.1 Å². The van der Waals surface area contributed by atoms with Gasteiger partial charge in [0.2, 0.25) is 23.6 Å². The molecule has 4 aliphatic carbocycles. The monoisotopic (exact) mass is 2120 g/mol. The highest BCUT2D eigenvalue weighted by Crippen LogP contribution is 2.72. The molecule has 6 heterocycles. The number of anilines is 3. The number of aromatic carboxylic acids is 1. The number of thiazole rings is 1. The van der Waals surface area contributed by atoms with Gasteiger partial charge in [0, 0.05) is 80.4 Å². The molecule has 4 bridgehead atoms. The molecule has 43 nitrogen and oxygen atoms in total. The molecule has 6 amide bonds. The summed E-state index contributed by atoms with van der Waals surface area (Å²) < 4.78 is 123. The first-order chi connectivity index (χ1) is 71.5. The second kappa shape index (κ2) is 55.0. The first-order valence-electron chi connectivity index (χ1n) is 50.4. The number of hydrogen-bond acceptors (Lipinski definition) is 34. The van der Waals surface area contributed by atoms with Gasteiger partial charge in [-0.25, -0.2) is 24.4 Å². The van der Waals surface area contributed by atoms with Crippen molar-refractivity contribution in [3.8, 4) is 16.9 Å². The first-order valence-corrected chi connectivity index (χ1v) is 52.9. The molecule has 7 aromatic rings. The largest absolute Gasteiger partial charge is 0.491 e. The van der Waals surface area contributed by atoms with Crippen molar-refractivity contribution in [2.45, 2.75) is 186 Å². The fraction of sp³-hybridized carbons (Fsp3) is 0.587. The number of carboxylic acids is 2. The van der Waals surface area contributed by atoms with Crippen LogP contribution in [-0.2, 0) is 139 Å². The van der Waals surface area contributed by atoms with Crippen molar-refractivity contribution in [1.29, 1.82) is 0 Å². The average molecular weight is 2120 g/mol. The van der Waals surface area contributed by atoms with Crippen molar-refractivity contribution >= 4 is 95.9 Å². The van der Waals surface area contributed by atoms with Gasteiger partial charge in [0.15, 0.2) is 16.9 Å². The third kappa shape index (κ3) is 32.9. The minimum Gasteiger partial charge on any atom is -0.491 e. The number of nitrogens with one attached hydrogen (secondary N) is 4. The number of carbonyl (C=O) groups excluding carboxylic acids is 6. The summed E-state index contributed by atoms with van der Waals surface area (Å²) in [5.74, 6) is -6.75. The molecule has 816 valence electrons. The summed E-state index contributed by atoms with van der Waals surface area (Å²) in [5.41, 5.74) is 4.34. The molecule has 3 unspecified atom stereocenters. The van der Waals surface area contributed by atoms with Crippen LogP contribution < -0.4 is 30.9 Å². The average Bonchev–Trinajstić information content (AvgIpc) is 1.32. The van der Waals surface area contributed by atoms with Crippen LogP contribution in [-0.4, -0.2) is 366 Å². The molecule has 45 heteroatoms. The van der Waals surface area contributed by atoms with Gasteiger partial charge in [0.25, 0.3) is 16.0 Å². The standard InChI is InChI=1S/C104H141N11O32S2/c1-67(2)87(110-95(123)81(115-85(116)25-26-86(115)117)55-70-15-20-75(21-16-70)144-53-52-143-51-50-142-49-48-141-47-46-140-45-44-139-43-42-138-41-40-137-39-38-136-37-36-135-35-34-134-33-32-133-7)96(124)106-68(3)93(121)107-74-19-17-73(72(56-74)18-23-82-89(118)90(119)91(120)92(147-82)98(127)128)59-145-100(129)112(30-54-149(130,131)132)29-31-146-104-63-101(5)60-102(6,64-104)62-103(61-101,65-104)66-114-69(4)78(57-105-114)76-22-24-84(109-88(76)97(125)126)113-28-27-71-11-10-12-77(79(71)58-113)94(122)111-99-108-80-13-8-9-14-83(80)148-99/h8-17,19-22,24-26,56-57,67-68,81-82,85,87,89-92,116,118-120H,18,23,27-55,58-66H2,1-7H3,(H,106,124)(H,107,121)(H,110,123)(H,125,126)(H,127,128)(H,108,111,122)(H,130,131,132)/t68-,81-,82-,85?,87-,89-,90+,91-,92-,101?,102?,103?,104?/m0/s1. The van der Waals surface area contributed by atoms with E-state index in [1.165, 1.54) is 42.5 Å². The van der Waals surface area contributed by atoms with Gasteiger partial charge in [-0.2, -0.15) is 13.5 Å². The molecule has 0 radical (unpaired) electrons. The smallest absolute Gasteiger partial charge is 0.410 e. The van der Waals surface area contributed by atoms with Crippen LogP contribution in [0.15, 0.2) is 115 Å². The maximum atomic E-state index is 14.5. The van der Waals surface area contributed by atoms with E-state index < -0.39 is 137 Å². The molecular weight excluding hydrogens is 1980 g/mol. The molecular formula is C104H141N11O32S2. The van der Waals surface area contributed by atoms with Crippen LogP contribution in [0.5, 0.6) is 5.75 Å². The van der Waals surface area contributed by atoms with Crippen LogP contribution in [0.25, 0.3) is 21.3 Å². The number of ether oxygens (including phenoxy) is 15. The number of methoxy groups -OCH3 is 1. The highest BCUT2D eigenvalue weighted by Gasteiger charge is 2.66. The maximum Gasteiger partial charge on any atom is 0.410 e. The van der Waals surface area contributed by atoms with Gasteiger partial charge >= 0.3 is 18.0 Å². The van der Waals surface area contributed by atoms with Crippen molar-refractivity contribution in [3.05, 3.63) is 160 Å². The van der Waals surface area contributed by atoms with Crippen molar-refractivity contribution in [2.24, 2.45) is 22.2 Å². The number of para-hydroxylation sites is 1. The van der Waals surface area contributed by atoms with Crippen molar-refractivity contribution in [1.82, 2.24) is 40.2 Å². The molecule has 11 N–H and O–H groups in total. The molecule has 4 aromatic carbocycles. The van der Waals surface area contributed by atoms with Crippen LogP contribution in [0.1, 0.15) is 134 Å². The number of aliphatic hydroxyl groups is 4. The highest BCUT2D eigenvalue weighted by atomic mass is 32.2. The predicted octanol–water partition coefficient (Wildman–Crippen LogP) is 7.01. The maximum absolute atomic E-state index is 14.5. The molecule has 3 aromatic heterocycles. The number of hydrogen-bond donors (Lipinski definition) is 11. The van der Waals surface area contributed by atoms with Gasteiger partial charge in [-0.1, -0.05) is 81.5 Å². The summed E-state index contributed by atoms with van der Waals surface area (Å²) in [4.78, 5) is 124. The van der Waals surface area contributed by atoms with Gasteiger partial charge in [-0.05, 0) is 182 Å². The SMILES string of the molecule is COCCOCCOCCOCCOCCOCCOCCOCCOCCOCCOCCOc1ccc(C[C@@H](C(=O)N[C@H](C(=O)N[C@@H](C)C(=O)Nc2ccc(COC(=O)N(CCOC34CC5(C)CC(C)(CC(Cn6ncc(-c7ccc(N8CCc9cccc(C(=O)Nc%10nc%11ccccc%11s%10)c9C8)nc7C(=O)O)c6C)(C5)C3)C4)CCS(=O)(=O)O)c(CC[C@@H]3O[C@H](C(=O)O)[C@@H](O)[C@H](O)[C@H]3O)c2)C(C)C)N2C(=O)C=CC2O)cc1. The zero-order valence-corrected chi connectivity index (χ0v) is 86.9. The van der Waals surface area contributed by atoms with E-state index in [4.69, 9.17) is 81.1 Å². The minimum absolute atomic E-state index is 0.0939. The van der Waals surface area contributed by atoms with Crippen molar-refractivity contribution in [3.63, 3.8) is 0 Å². The van der Waals surface area contributed by atoms with E-state index in [-0.39, 0.29) is 84.7 Å². The number of aromatic nitrogens is 4. The van der Waals surface area contributed by atoms with E-state index in [9.17, 15) is 82.0 Å². The Bertz CT molecular complexity index is 5720. The number of aryl methyl sites for hydroxylation is 1. The normalized spacial score (nSPS) is 22.0. The molecule has 149 heavy (non-hydrogen) atoms. The molecule has 5 fully saturated rings. The summed E-state index contributed by atoms with van der Waals surface area (Å²) in [5, 5.41) is 80.9. The van der Waals surface area contributed by atoms with Crippen LogP contribution in [0.4, 0.5) is 21.4 Å². The number of nitrogens with zero attached hydrogens (tertiary/aromatic N) is 7. The highest BCUT2D eigenvalue weighted by molar-refractivity contribution is 7.85. The van der Waals surface area contributed by atoms with E-state index >= 15 is 0 Å². The summed E-state index contributed by atoms with van der Waals surface area (Å²) in [6, 6.07) is 24.0. The van der Waals surface area contributed by atoms with E-state index in [0.717, 1.165) is 62.2 Å². The van der Waals surface area contributed by atoms with Crippen LogP contribution >= 0.6 is 11.3 Å². The molecule has 1 saturated heterocycles. The molecule has 0 spiro atoms. The van der Waals surface area contributed by atoms with Gasteiger partial charge in [0.1, 0.15) is 67.4 Å². The number of pyridine rings is 1. The third-order valence-corrected chi connectivity index (χ3v) is 29.0. The number of amides is 6. The minimum atomic E-state index is -4.67. The topological polar surface area (TPSA) is 552 Å². The second-order valence-corrected chi connectivity index (χ2v) is 42.1. The Labute approximate surface area is 869 Å². The Hall–Kier alpha value is -10.7. The Morgan fingerprint density at radius 2 is 1.24 bits per heavy atom. The molecule has 7 aliphatic rings. The Morgan fingerprint density at radius 1 is 0.631 bits per heavy atom. The van der Waals surface area contributed by atoms with Crippen LogP contribution in [0.3, 0.4) is 0 Å². The Kier molecular flexibility index (Phi) is 42.6. The number of rotatable bonds is 64. The zero-order chi connectivity index (χ0) is 106. The number of carboxylic acid groups (broad SMARTS) is 2. The first kappa shape index (κ1) is 115. The number of aliphatic hydroxyl groups excluding tert-OH is 4.